The van der Waals surface area contributed by atoms with E-state index in [0.29, 0.717) is 17.3 Å². The highest BCUT2D eigenvalue weighted by atomic mass is 32.2. The second kappa shape index (κ2) is 6.55. The third-order valence-corrected chi connectivity index (χ3v) is 3.64. The summed E-state index contributed by atoms with van der Waals surface area (Å²) in [4.78, 5) is 0.724. The quantitative estimate of drug-likeness (QED) is 0.649. The van der Waals surface area contributed by atoms with Crippen molar-refractivity contribution in [3.05, 3.63) is 53.3 Å². The van der Waals surface area contributed by atoms with Crippen molar-refractivity contribution in [1.29, 1.82) is 5.26 Å². The summed E-state index contributed by atoms with van der Waals surface area (Å²) in [6.45, 7) is 1.94. The van der Waals surface area contributed by atoms with Crippen LogP contribution < -0.4 is 5.32 Å². The largest absolute Gasteiger partial charge is 0.352 e. The molecule has 0 atom stereocenters. The monoisotopic (exact) mass is 308 g/mol. The number of nitriles is 1. The molecule has 0 radical (unpaired) electrons. The van der Waals surface area contributed by atoms with Crippen molar-refractivity contribution in [2.45, 2.75) is 11.8 Å². The Hall–Kier alpha value is -2.13. The molecule has 0 bridgehead atoms. The van der Waals surface area contributed by atoms with Crippen molar-refractivity contribution < 1.29 is 13.2 Å². The van der Waals surface area contributed by atoms with Crippen LogP contribution in [0, 0.1) is 28.8 Å². The van der Waals surface area contributed by atoms with E-state index in [-0.39, 0.29) is 5.69 Å². The molecule has 0 aliphatic carbocycles. The fourth-order valence-electron chi connectivity index (χ4n) is 1.82. The number of nitrogens with one attached hydrogen (secondary N) is 1. The average Bonchev–Trinajstić information content (AvgIpc) is 2.45. The maximum atomic E-state index is 13.7. The van der Waals surface area contributed by atoms with Crippen molar-refractivity contribution >= 4 is 23.1 Å². The summed E-state index contributed by atoms with van der Waals surface area (Å²) in [6.07, 6.45) is 0. The molecule has 0 unspecified atom stereocenters. The molecule has 0 aliphatic heterocycles. The van der Waals surface area contributed by atoms with Crippen molar-refractivity contribution in [3.8, 4) is 6.07 Å². The summed E-state index contributed by atoms with van der Waals surface area (Å²) >= 11 is 1.46. The number of hydrogen-bond acceptors (Lipinski definition) is 3. The Morgan fingerprint density at radius 2 is 1.95 bits per heavy atom. The number of hydrogen-bond donors (Lipinski definition) is 1. The smallest absolute Gasteiger partial charge is 0.182 e. The van der Waals surface area contributed by atoms with Crippen LogP contribution in [0.15, 0.2) is 35.2 Å². The number of benzene rings is 2. The lowest BCUT2D eigenvalue weighted by Gasteiger charge is -2.12. The first-order valence-electron chi connectivity index (χ1n) is 6.14. The van der Waals surface area contributed by atoms with Gasteiger partial charge in [0, 0.05) is 17.0 Å². The average molecular weight is 308 g/mol. The molecule has 0 aromatic heterocycles. The normalized spacial score (nSPS) is 10.2. The van der Waals surface area contributed by atoms with E-state index >= 15 is 0 Å². The Balaban J connectivity index is 2.45. The van der Waals surface area contributed by atoms with Gasteiger partial charge in [-0.3, -0.25) is 0 Å². The van der Waals surface area contributed by atoms with Crippen LogP contribution in [0.5, 0.6) is 0 Å². The lowest BCUT2D eigenvalue weighted by molar-refractivity contribution is 0.498. The Kier molecular flexibility index (Phi) is 4.76. The summed E-state index contributed by atoms with van der Waals surface area (Å²) in [6, 6.07) is 8.35. The molecule has 0 spiro atoms. The van der Waals surface area contributed by atoms with Gasteiger partial charge in [-0.15, -0.1) is 11.8 Å². The second-order valence-corrected chi connectivity index (χ2v) is 5.40. The van der Waals surface area contributed by atoms with Gasteiger partial charge in [0.05, 0.1) is 16.9 Å². The van der Waals surface area contributed by atoms with Crippen LogP contribution in [-0.4, -0.2) is 5.75 Å². The van der Waals surface area contributed by atoms with Gasteiger partial charge in [-0.25, -0.2) is 13.2 Å². The molecule has 0 saturated heterocycles. The van der Waals surface area contributed by atoms with E-state index in [4.69, 9.17) is 0 Å². The van der Waals surface area contributed by atoms with Gasteiger partial charge in [0.1, 0.15) is 11.9 Å². The van der Waals surface area contributed by atoms with Gasteiger partial charge in [0.2, 0.25) is 0 Å². The molecule has 2 rings (SSSR count). The maximum Gasteiger partial charge on any atom is 0.182 e. The molecule has 0 amide bonds. The maximum absolute atomic E-state index is 13.7. The SMILES string of the molecule is CCSc1cccc(Nc2cc(F)cc(F)c2F)c1C#N. The lowest BCUT2D eigenvalue weighted by Crippen LogP contribution is -2.00. The molecule has 6 heteroatoms. The van der Waals surface area contributed by atoms with Gasteiger partial charge in [-0.1, -0.05) is 13.0 Å². The van der Waals surface area contributed by atoms with Crippen LogP contribution in [0.2, 0.25) is 0 Å². The van der Waals surface area contributed by atoms with Gasteiger partial charge in [0.25, 0.3) is 0 Å². The van der Waals surface area contributed by atoms with Crippen LogP contribution in [0.4, 0.5) is 24.5 Å². The molecule has 0 saturated carbocycles. The van der Waals surface area contributed by atoms with Crippen LogP contribution in [0.25, 0.3) is 0 Å². The number of halogens is 3. The Morgan fingerprint density at radius 3 is 2.62 bits per heavy atom. The van der Waals surface area contributed by atoms with E-state index in [9.17, 15) is 18.4 Å². The topological polar surface area (TPSA) is 35.8 Å². The molecule has 108 valence electrons. The van der Waals surface area contributed by atoms with Gasteiger partial charge in [-0.05, 0) is 17.9 Å². The predicted octanol–water partition coefficient (Wildman–Crippen LogP) is 4.83. The first-order valence-corrected chi connectivity index (χ1v) is 7.12. The fraction of sp³-hybridized carbons (Fsp3) is 0.133. The van der Waals surface area contributed by atoms with Gasteiger partial charge >= 0.3 is 0 Å². The standard InChI is InChI=1S/C15H11F3N2S/c1-2-21-14-5-3-4-12(10(14)8-19)20-13-7-9(16)6-11(17)15(13)18/h3-7,20H,2H2,1H3. The highest BCUT2D eigenvalue weighted by Gasteiger charge is 2.14. The zero-order chi connectivity index (χ0) is 15.4. The number of rotatable bonds is 4. The van der Waals surface area contributed by atoms with Gasteiger partial charge in [-0.2, -0.15) is 5.26 Å². The van der Waals surface area contributed by atoms with Crippen LogP contribution >= 0.6 is 11.8 Å². The molecule has 0 fully saturated rings. The minimum absolute atomic E-state index is 0.305. The molecule has 2 aromatic carbocycles. The van der Waals surface area contributed by atoms with Gasteiger partial charge in [0.15, 0.2) is 11.6 Å². The summed E-state index contributed by atoms with van der Waals surface area (Å²) in [5, 5.41) is 11.8. The minimum atomic E-state index is -1.28. The molecule has 2 aromatic rings. The van der Waals surface area contributed by atoms with E-state index in [1.54, 1.807) is 18.2 Å². The second-order valence-electron chi connectivity index (χ2n) is 4.10. The third-order valence-electron chi connectivity index (χ3n) is 2.70. The summed E-state index contributed by atoms with van der Waals surface area (Å²) in [5.41, 5.74) is 0.274. The zero-order valence-electron chi connectivity index (χ0n) is 11.1. The first-order chi connectivity index (χ1) is 10.1. The Labute approximate surface area is 124 Å². The summed E-state index contributed by atoms with van der Waals surface area (Å²) in [5.74, 6) is -2.60. The van der Waals surface area contributed by atoms with Crippen LogP contribution in [-0.2, 0) is 0 Å². The number of nitrogens with zero attached hydrogens (tertiary/aromatic N) is 1. The van der Waals surface area contributed by atoms with Crippen molar-refractivity contribution in [2.75, 3.05) is 11.1 Å². The Morgan fingerprint density at radius 1 is 1.19 bits per heavy atom. The molecule has 0 heterocycles. The predicted molar refractivity (Wildman–Crippen MR) is 77.2 cm³/mol. The van der Waals surface area contributed by atoms with E-state index in [1.165, 1.54) is 11.8 Å². The van der Waals surface area contributed by atoms with E-state index in [1.807, 2.05) is 13.0 Å². The first kappa shape index (κ1) is 15.3. The summed E-state index contributed by atoms with van der Waals surface area (Å²) < 4.78 is 40.0. The van der Waals surface area contributed by atoms with E-state index in [2.05, 4.69) is 5.32 Å². The minimum Gasteiger partial charge on any atom is -0.352 e. The molecule has 21 heavy (non-hydrogen) atoms. The number of anilines is 2. The van der Waals surface area contributed by atoms with E-state index in [0.717, 1.165) is 16.7 Å². The van der Waals surface area contributed by atoms with Crippen LogP contribution in [0.3, 0.4) is 0 Å². The molecular formula is C15H11F3N2S. The molecular weight excluding hydrogens is 297 g/mol. The Bertz CT molecular complexity index is 711. The molecule has 2 nitrogen and oxygen atoms in total. The van der Waals surface area contributed by atoms with Crippen molar-refractivity contribution in [2.24, 2.45) is 0 Å². The fourth-order valence-corrected chi connectivity index (χ4v) is 2.60. The molecule has 0 aliphatic rings. The molecule has 1 N–H and O–H groups in total. The summed E-state index contributed by atoms with van der Waals surface area (Å²) in [7, 11) is 0. The highest BCUT2D eigenvalue weighted by molar-refractivity contribution is 7.99. The van der Waals surface area contributed by atoms with Crippen molar-refractivity contribution in [1.82, 2.24) is 0 Å². The lowest BCUT2D eigenvalue weighted by atomic mass is 10.2. The van der Waals surface area contributed by atoms with Crippen LogP contribution in [0.1, 0.15) is 12.5 Å². The third kappa shape index (κ3) is 3.31. The zero-order valence-corrected chi connectivity index (χ0v) is 11.9. The van der Waals surface area contributed by atoms with E-state index < -0.39 is 17.5 Å². The van der Waals surface area contributed by atoms with Gasteiger partial charge < -0.3 is 5.32 Å². The van der Waals surface area contributed by atoms with Crippen molar-refractivity contribution in [3.63, 3.8) is 0 Å². The number of thioether (sulfide) groups is 1. The highest BCUT2D eigenvalue weighted by Crippen LogP contribution is 2.31.